The van der Waals surface area contributed by atoms with E-state index in [-0.39, 0.29) is 5.91 Å². The molecule has 3 heteroatoms. The van der Waals surface area contributed by atoms with Gasteiger partial charge in [0.1, 0.15) is 0 Å². The molecule has 0 radical (unpaired) electrons. The van der Waals surface area contributed by atoms with Gasteiger partial charge in [-0.05, 0) is 49.3 Å². The van der Waals surface area contributed by atoms with Crippen LogP contribution in [0, 0.1) is 5.92 Å². The average molecular weight is 258 g/mol. The molecule has 0 spiro atoms. The van der Waals surface area contributed by atoms with E-state index in [1.807, 2.05) is 30.2 Å². The van der Waals surface area contributed by atoms with Crippen LogP contribution in [0.5, 0.6) is 0 Å². The number of hydrogen-bond donors (Lipinski definition) is 0. The number of rotatable bonds is 3. The van der Waals surface area contributed by atoms with E-state index in [0.29, 0.717) is 6.04 Å². The lowest BCUT2D eigenvalue weighted by atomic mass is 9.87. The van der Waals surface area contributed by atoms with Crippen molar-refractivity contribution in [3.63, 3.8) is 0 Å². The van der Waals surface area contributed by atoms with Crippen molar-refractivity contribution in [2.24, 2.45) is 5.92 Å². The molecule has 0 aliphatic heterocycles. The van der Waals surface area contributed by atoms with Gasteiger partial charge >= 0.3 is 0 Å². The SMILES string of the molecule is CC1CCC(N(C)C(=O)/C=C/c2cccnc2)CC1. The normalized spacial score (nSPS) is 23.5. The zero-order valence-electron chi connectivity index (χ0n) is 11.7. The Morgan fingerprint density at radius 3 is 2.74 bits per heavy atom. The summed E-state index contributed by atoms with van der Waals surface area (Å²) in [5.41, 5.74) is 0.960. The Bertz CT molecular complexity index is 433. The smallest absolute Gasteiger partial charge is 0.246 e. The minimum atomic E-state index is 0.0865. The van der Waals surface area contributed by atoms with Crippen LogP contribution >= 0.6 is 0 Å². The molecule has 2 rings (SSSR count). The van der Waals surface area contributed by atoms with Gasteiger partial charge < -0.3 is 4.90 Å². The van der Waals surface area contributed by atoms with Gasteiger partial charge in [-0.15, -0.1) is 0 Å². The molecule has 0 bridgehead atoms. The summed E-state index contributed by atoms with van der Waals surface area (Å²) < 4.78 is 0. The number of hydrogen-bond acceptors (Lipinski definition) is 2. The van der Waals surface area contributed by atoms with Crippen LogP contribution in [0.25, 0.3) is 6.08 Å². The Hall–Kier alpha value is -1.64. The Morgan fingerprint density at radius 1 is 1.37 bits per heavy atom. The number of aromatic nitrogens is 1. The van der Waals surface area contributed by atoms with Crippen LogP contribution in [0.3, 0.4) is 0 Å². The van der Waals surface area contributed by atoms with Crippen molar-refractivity contribution < 1.29 is 4.79 Å². The summed E-state index contributed by atoms with van der Waals surface area (Å²) >= 11 is 0. The molecule has 1 aromatic rings. The number of nitrogens with zero attached hydrogens (tertiary/aromatic N) is 2. The van der Waals surface area contributed by atoms with E-state index < -0.39 is 0 Å². The lowest BCUT2D eigenvalue weighted by molar-refractivity contribution is -0.127. The molecule has 1 amide bonds. The first kappa shape index (κ1) is 13.8. The predicted molar refractivity (Wildman–Crippen MR) is 77.5 cm³/mol. The molecule has 0 atom stereocenters. The van der Waals surface area contributed by atoms with Crippen molar-refractivity contribution in [2.45, 2.75) is 38.6 Å². The second-order valence-electron chi connectivity index (χ2n) is 5.48. The van der Waals surface area contributed by atoms with E-state index in [4.69, 9.17) is 0 Å². The highest BCUT2D eigenvalue weighted by Gasteiger charge is 2.23. The molecule has 0 unspecified atom stereocenters. The zero-order valence-corrected chi connectivity index (χ0v) is 11.7. The summed E-state index contributed by atoms with van der Waals surface area (Å²) in [6.07, 6.45) is 11.7. The van der Waals surface area contributed by atoms with Crippen LogP contribution in [-0.4, -0.2) is 28.9 Å². The van der Waals surface area contributed by atoms with Crippen LogP contribution in [-0.2, 0) is 4.79 Å². The van der Waals surface area contributed by atoms with Crippen molar-refractivity contribution >= 4 is 12.0 Å². The van der Waals surface area contributed by atoms with E-state index in [1.54, 1.807) is 18.5 Å². The standard InChI is InChI=1S/C16H22N2O/c1-13-5-8-15(9-6-13)18(2)16(19)10-7-14-4-3-11-17-12-14/h3-4,7,10-13,15H,5-6,8-9H2,1-2H3/b10-7+. The first-order valence-electron chi connectivity index (χ1n) is 7.01. The molecule has 0 N–H and O–H groups in total. The van der Waals surface area contributed by atoms with E-state index in [2.05, 4.69) is 11.9 Å². The van der Waals surface area contributed by atoms with Crippen LogP contribution in [0.2, 0.25) is 0 Å². The second kappa shape index (κ2) is 6.50. The quantitative estimate of drug-likeness (QED) is 0.780. The number of likely N-dealkylation sites (N-methyl/N-ethyl adjacent to an activating group) is 1. The number of pyridine rings is 1. The predicted octanol–water partition coefficient (Wildman–Crippen LogP) is 3.13. The summed E-state index contributed by atoms with van der Waals surface area (Å²) in [7, 11) is 1.91. The van der Waals surface area contributed by atoms with Crippen LogP contribution in [0.1, 0.15) is 38.2 Å². The van der Waals surface area contributed by atoms with Gasteiger partial charge in [0.25, 0.3) is 0 Å². The van der Waals surface area contributed by atoms with Gasteiger partial charge in [-0.1, -0.05) is 13.0 Å². The topological polar surface area (TPSA) is 33.2 Å². The maximum Gasteiger partial charge on any atom is 0.246 e. The van der Waals surface area contributed by atoms with Gasteiger partial charge in [-0.25, -0.2) is 0 Å². The first-order valence-corrected chi connectivity index (χ1v) is 7.01. The van der Waals surface area contributed by atoms with Gasteiger partial charge in [0.05, 0.1) is 0 Å². The van der Waals surface area contributed by atoms with Crippen molar-refractivity contribution in [3.8, 4) is 0 Å². The highest BCUT2D eigenvalue weighted by molar-refractivity contribution is 5.91. The fraction of sp³-hybridized carbons (Fsp3) is 0.500. The van der Waals surface area contributed by atoms with Gasteiger partial charge in [0.2, 0.25) is 5.91 Å². The molecule has 1 saturated carbocycles. The molecule has 19 heavy (non-hydrogen) atoms. The van der Waals surface area contributed by atoms with Crippen molar-refractivity contribution in [2.75, 3.05) is 7.05 Å². The molecule has 1 aliphatic rings. The van der Waals surface area contributed by atoms with Crippen LogP contribution < -0.4 is 0 Å². The average Bonchev–Trinajstić information content (AvgIpc) is 2.46. The summed E-state index contributed by atoms with van der Waals surface area (Å²) in [5.74, 6) is 0.897. The summed E-state index contributed by atoms with van der Waals surface area (Å²) in [6.45, 7) is 2.29. The van der Waals surface area contributed by atoms with E-state index in [1.165, 1.54) is 12.8 Å². The number of carbonyl (C=O) groups is 1. The summed E-state index contributed by atoms with van der Waals surface area (Å²) in [4.78, 5) is 18.0. The Kier molecular flexibility index (Phi) is 4.72. The van der Waals surface area contributed by atoms with Gasteiger partial charge in [-0.2, -0.15) is 0 Å². The zero-order chi connectivity index (χ0) is 13.7. The fourth-order valence-electron chi connectivity index (χ4n) is 2.57. The lowest BCUT2D eigenvalue weighted by Crippen LogP contribution is -2.38. The fourth-order valence-corrected chi connectivity index (χ4v) is 2.57. The lowest BCUT2D eigenvalue weighted by Gasteiger charge is -2.33. The third-order valence-corrected chi connectivity index (χ3v) is 3.98. The van der Waals surface area contributed by atoms with E-state index in [9.17, 15) is 4.79 Å². The maximum absolute atomic E-state index is 12.1. The highest BCUT2D eigenvalue weighted by Crippen LogP contribution is 2.26. The second-order valence-corrected chi connectivity index (χ2v) is 5.48. The van der Waals surface area contributed by atoms with Crippen LogP contribution in [0.4, 0.5) is 0 Å². The molecular weight excluding hydrogens is 236 g/mol. The third kappa shape index (κ3) is 3.91. The first-order chi connectivity index (χ1) is 9.16. The Morgan fingerprint density at radius 2 is 2.11 bits per heavy atom. The van der Waals surface area contributed by atoms with Crippen LogP contribution in [0.15, 0.2) is 30.6 Å². The number of amides is 1. The number of carbonyl (C=O) groups excluding carboxylic acids is 1. The monoisotopic (exact) mass is 258 g/mol. The van der Waals surface area contributed by atoms with Gasteiger partial charge in [-0.3, -0.25) is 9.78 Å². The highest BCUT2D eigenvalue weighted by atomic mass is 16.2. The molecule has 1 aliphatic carbocycles. The minimum absolute atomic E-state index is 0.0865. The van der Waals surface area contributed by atoms with Gasteiger partial charge in [0.15, 0.2) is 0 Å². The third-order valence-electron chi connectivity index (χ3n) is 3.98. The molecule has 102 valence electrons. The summed E-state index contributed by atoms with van der Waals surface area (Å²) in [5, 5.41) is 0. The maximum atomic E-state index is 12.1. The van der Waals surface area contributed by atoms with Crippen molar-refractivity contribution in [1.82, 2.24) is 9.88 Å². The largest absolute Gasteiger partial charge is 0.339 e. The molecule has 0 saturated heterocycles. The molecule has 1 fully saturated rings. The Labute approximate surface area is 115 Å². The van der Waals surface area contributed by atoms with Crippen molar-refractivity contribution in [3.05, 3.63) is 36.2 Å². The van der Waals surface area contributed by atoms with Gasteiger partial charge in [0, 0.05) is 31.6 Å². The molecule has 3 nitrogen and oxygen atoms in total. The molecule has 0 aromatic carbocycles. The molecule has 1 heterocycles. The molecular formula is C16H22N2O. The summed E-state index contributed by atoms with van der Waals surface area (Å²) in [6, 6.07) is 4.22. The molecule has 1 aromatic heterocycles. The van der Waals surface area contributed by atoms with E-state index >= 15 is 0 Å². The Balaban J connectivity index is 1.91. The van der Waals surface area contributed by atoms with E-state index in [0.717, 1.165) is 24.3 Å². The minimum Gasteiger partial charge on any atom is -0.339 e. The van der Waals surface area contributed by atoms with Crippen molar-refractivity contribution in [1.29, 1.82) is 0 Å².